The predicted molar refractivity (Wildman–Crippen MR) is 311 cm³/mol. The molecular formula is C70H52N2O. The normalized spacial score (nSPS) is 11.2. The van der Waals surface area contributed by atoms with E-state index < -0.39 is 0 Å². The molecule has 0 radical (unpaired) electrons. The maximum Gasteiger partial charge on any atom is 0.136 e. The van der Waals surface area contributed by atoms with Crippen molar-refractivity contribution in [3.8, 4) is 44.5 Å². The molecule has 0 aliphatic rings. The van der Waals surface area contributed by atoms with E-state index in [-0.39, 0.29) is 0 Å². The van der Waals surface area contributed by atoms with E-state index in [1.54, 1.807) is 0 Å². The summed E-state index contributed by atoms with van der Waals surface area (Å²) in [5.74, 6) is 0. The van der Waals surface area contributed by atoms with Crippen LogP contribution in [-0.2, 0) is 0 Å². The zero-order chi connectivity index (χ0) is 49.1. The van der Waals surface area contributed by atoms with Crippen LogP contribution in [0.15, 0.2) is 283 Å². The fourth-order valence-corrected chi connectivity index (χ4v) is 10.4. The van der Waals surface area contributed by atoms with Gasteiger partial charge in [0.1, 0.15) is 11.2 Å². The van der Waals surface area contributed by atoms with Crippen LogP contribution in [0.1, 0.15) is 13.8 Å². The molecule has 0 saturated carbocycles. The molecule has 1 aromatic heterocycles. The van der Waals surface area contributed by atoms with E-state index in [1.165, 1.54) is 44.5 Å². The van der Waals surface area contributed by atoms with Crippen molar-refractivity contribution in [1.29, 1.82) is 0 Å². The Morgan fingerprint density at radius 2 is 0.466 bits per heavy atom. The van der Waals surface area contributed by atoms with Crippen LogP contribution in [0.5, 0.6) is 0 Å². The highest BCUT2D eigenvalue weighted by molar-refractivity contribution is 6.26. The lowest BCUT2D eigenvalue weighted by atomic mass is 9.97. The largest absolute Gasteiger partial charge is 0.456 e. The summed E-state index contributed by atoms with van der Waals surface area (Å²) in [5, 5.41) is 6.61. The Morgan fingerprint density at radius 3 is 0.740 bits per heavy atom. The van der Waals surface area contributed by atoms with Gasteiger partial charge in [0.05, 0.1) is 11.4 Å². The van der Waals surface area contributed by atoms with Crippen molar-refractivity contribution in [2.75, 3.05) is 9.80 Å². The molecule has 13 aromatic rings. The standard InChI is InChI=1S/C68H46N2O.C2H6/c1-5-15-47(16-6-1)51-27-35-55(36-28-51)69(56-37-29-52(30-38-56)48-17-7-2-8-18-48)63-43-45-65-67-59(23-13-25-61(63)67)60-24-14-26-62-64(44-46-66(71-65)68(60)62)70(57-39-31-53(32-40-57)49-19-9-3-10-20-49)58-41-33-54(34-42-58)50-21-11-4-12-22-50;1-2/h1-46H;1-2H3. The third-order valence-electron chi connectivity index (χ3n) is 13.9. The summed E-state index contributed by atoms with van der Waals surface area (Å²) in [7, 11) is 0. The van der Waals surface area contributed by atoms with Crippen molar-refractivity contribution in [3.05, 3.63) is 279 Å². The lowest BCUT2D eigenvalue weighted by molar-refractivity contribution is 0.664. The predicted octanol–water partition coefficient (Wildman–Crippen LogP) is 20.5. The quantitative estimate of drug-likeness (QED) is 0.136. The molecule has 0 bridgehead atoms. The molecule has 0 unspecified atom stereocenters. The maximum atomic E-state index is 7.16. The van der Waals surface area contributed by atoms with Crippen molar-refractivity contribution in [1.82, 2.24) is 0 Å². The third-order valence-corrected chi connectivity index (χ3v) is 13.9. The minimum absolute atomic E-state index is 0.827. The van der Waals surface area contributed by atoms with Gasteiger partial charge in [-0.05, 0) is 128 Å². The Labute approximate surface area is 427 Å². The van der Waals surface area contributed by atoms with Crippen molar-refractivity contribution in [2.24, 2.45) is 0 Å². The molecule has 0 spiro atoms. The fourth-order valence-electron chi connectivity index (χ4n) is 10.4. The Bertz CT molecular complexity index is 3550. The second kappa shape index (κ2) is 19.8. The Kier molecular flexibility index (Phi) is 12.1. The molecule has 0 saturated heterocycles. The first-order chi connectivity index (χ1) is 36.2. The van der Waals surface area contributed by atoms with Crippen molar-refractivity contribution in [3.63, 3.8) is 0 Å². The Hall–Kier alpha value is -9.44. The average molecular weight is 937 g/mol. The van der Waals surface area contributed by atoms with Gasteiger partial charge in [-0.2, -0.15) is 0 Å². The van der Waals surface area contributed by atoms with Gasteiger partial charge >= 0.3 is 0 Å². The van der Waals surface area contributed by atoms with Gasteiger partial charge in [-0.3, -0.25) is 0 Å². The van der Waals surface area contributed by atoms with Gasteiger partial charge in [-0.15, -0.1) is 0 Å². The van der Waals surface area contributed by atoms with Gasteiger partial charge in [0.15, 0.2) is 0 Å². The van der Waals surface area contributed by atoms with Crippen molar-refractivity contribution >= 4 is 77.6 Å². The number of rotatable bonds is 10. The molecule has 0 fully saturated rings. The van der Waals surface area contributed by atoms with Crippen LogP contribution < -0.4 is 9.80 Å². The molecule has 73 heavy (non-hydrogen) atoms. The fraction of sp³-hybridized carbons (Fsp3) is 0.0286. The van der Waals surface area contributed by atoms with E-state index in [0.29, 0.717) is 0 Å². The van der Waals surface area contributed by atoms with Crippen molar-refractivity contribution in [2.45, 2.75) is 13.8 Å². The van der Waals surface area contributed by atoms with Gasteiger partial charge in [-0.25, -0.2) is 0 Å². The summed E-state index contributed by atoms with van der Waals surface area (Å²) in [6.45, 7) is 4.00. The number of hydrogen-bond acceptors (Lipinski definition) is 3. The van der Waals surface area contributed by atoms with Gasteiger partial charge in [0.2, 0.25) is 0 Å². The summed E-state index contributed by atoms with van der Waals surface area (Å²) in [5.41, 5.74) is 17.5. The van der Waals surface area contributed by atoms with E-state index >= 15 is 0 Å². The summed E-state index contributed by atoms with van der Waals surface area (Å²) in [6, 6.07) is 100. The van der Waals surface area contributed by atoms with Gasteiger partial charge in [-0.1, -0.05) is 220 Å². The first-order valence-electron chi connectivity index (χ1n) is 25.2. The number of hydrogen-bond donors (Lipinski definition) is 0. The summed E-state index contributed by atoms with van der Waals surface area (Å²) in [4.78, 5) is 4.76. The molecule has 12 aromatic carbocycles. The third kappa shape index (κ3) is 8.47. The maximum absolute atomic E-state index is 7.16. The zero-order valence-corrected chi connectivity index (χ0v) is 40.9. The number of anilines is 6. The highest BCUT2D eigenvalue weighted by atomic mass is 16.3. The Balaban J connectivity index is 0.00000268. The number of fused-ring (bicyclic) bond motifs is 1. The SMILES string of the molecule is CC.c1ccc(-c2ccc(N(c3ccc(-c4ccccc4)cc3)c3ccc4oc5ccc(N(c6ccc(-c7ccccc7)cc6)c6ccc(-c7ccccc7)cc6)c6cccc(c7cccc3c47)c56)cc2)cc1. The highest BCUT2D eigenvalue weighted by Crippen LogP contribution is 2.47. The van der Waals surface area contributed by atoms with Crippen LogP contribution >= 0.6 is 0 Å². The van der Waals surface area contributed by atoms with Crippen LogP contribution in [-0.4, -0.2) is 0 Å². The lowest BCUT2D eigenvalue weighted by Crippen LogP contribution is -2.10. The highest BCUT2D eigenvalue weighted by Gasteiger charge is 2.22. The molecule has 13 rings (SSSR count). The molecular weight excluding hydrogens is 885 g/mol. The van der Waals surface area contributed by atoms with Crippen LogP contribution in [0.4, 0.5) is 34.1 Å². The summed E-state index contributed by atoms with van der Waals surface area (Å²) >= 11 is 0. The molecule has 0 amide bonds. The minimum atomic E-state index is 0.827. The van der Waals surface area contributed by atoms with Crippen molar-refractivity contribution < 1.29 is 4.42 Å². The first-order valence-corrected chi connectivity index (χ1v) is 25.2. The van der Waals surface area contributed by atoms with Crippen LogP contribution in [0.25, 0.3) is 88.0 Å². The minimum Gasteiger partial charge on any atom is -0.456 e. The molecule has 0 aliphatic heterocycles. The Morgan fingerprint density at radius 1 is 0.219 bits per heavy atom. The molecule has 1 heterocycles. The summed E-state index contributed by atoms with van der Waals surface area (Å²) in [6.07, 6.45) is 0. The second-order valence-corrected chi connectivity index (χ2v) is 18.0. The summed E-state index contributed by atoms with van der Waals surface area (Å²) < 4.78 is 7.16. The number of nitrogens with zero attached hydrogens (tertiary/aromatic N) is 2. The van der Waals surface area contributed by atoms with Crippen LogP contribution in [0.3, 0.4) is 0 Å². The van der Waals surface area contributed by atoms with Gasteiger partial charge < -0.3 is 14.2 Å². The molecule has 3 nitrogen and oxygen atoms in total. The first kappa shape index (κ1) is 44.7. The zero-order valence-electron chi connectivity index (χ0n) is 40.9. The van der Waals surface area contributed by atoms with Crippen LogP contribution in [0.2, 0.25) is 0 Å². The number of benzene rings is 12. The molecule has 0 N–H and O–H groups in total. The van der Waals surface area contributed by atoms with Gasteiger partial charge in [0, 0.05) is 44.3 Å². The van der Waals surface area contributed by atoms with E-state index in [9.17, 15) is 0 Å². The second-order valence-electron chi connectivity index (χ2n) is 18.0. The molecule has 0 aliphatic carbocycles. The van der Waals surface area contributed by atoms with E-state index in [1.807, 2.05) is 13.8 Å². The van der Waals surface area contributed by atoms with Gasteiger partial charge in [0.25, 0.3) is 0 Å². The molecule has 0 atom stereocenters. The van der Waals surface area contributed by atoms with E-state index in [0.717, 1.165) is 77.6 Å². The van der Waals surface area contributed by atoms with Crippen LogP contribution in [0, 0.1) is 0 Å². The molecule has 348 valence electrons. The average Bonchev–Trinajstić information content (AvgIpc) is 3.62. The van der Waals surface area contributed by atoms with E-state index in [4.69, 9.17) is 4.42 Å². The monoisotopic (exact) mass is 936 g/mol. The molecule has 3 heteroatoms. The lowest BCUT2D eigenvalue weighted by Gasteiger charge is -2.27. The topological polar surface area (TPSA) is 19.6 Å². The smallest absolute Gasteiger partial charge is 0.136 e. The van der Waals surface area contributed by atoms with E-state index in [2.05, 4.69) is 289 Å².